The van der Waals surface area contributed by atoms with E-state index in [-0.39, 0.29) is 0 Å². The molecule has 1 unspecified atom stereocenters. The molecular weight excluding hydrogens is 282 g/mol. The number of aryl methyl sites for hydroxylation is 1. The van der Waals surface area contributed by atoms with Crippen molar-refractivity contribution in [2.24, 2.45) is 5.41 Å². The topological polar surface area (TPSA) is 71.6 Å². The summed E-state index contributed by atoms with van der Waals surface area (Å²) in [5, 5.41) is 14.7. The monoisotopic (exact) mass is 309 g/mol. The van der Waals surface area contributed by atoms with Gasteiger partial charge in [-0.3, -0.25) is 4.90 Å². The average molecular weight is 309 g/mol. The Labute approximate surface area is 131 Å². The zero-order valence-corrected chi connectivity index (χ0v) is 13.7. The summed E-state index contributed by atoms with van der Waals surface area (Å²) in [4.78, 5) is 6.62. The van der Waals surface area contributed by atoms with Crippen LogP contribution in [-0.4, -0.2) is 59.1 Å². The number of β-amino-alcohol motifs (C(OH)–C–C–N with tert-alkyl or cyclic N) is 1. The van der Waals surface area contributed by atoms with Gasteiger partial charge in [0.2, 0.25) is 5.89 Å². The number of ether oxygens (including phenoxy) is 1. The van der Waals surface area contributed by atoms with E-state index < -0.39 is 5.60 Å². The van der Waals surface area contributed by atoms with Gasteiger partial charge in [-0.15, -0.1) is 0 Å². The van der Waals surface area contributed by atoms with Crippen LogP contribution >= 0.6 is 0 Å². The molecule has 1 aromatic heterocycles. The Morgan fingerprint density at radius 2 is 2.14 bits per heavy atom. The maximum Gasteiger partial charge on any atom is 0.229 e. The lowest BCUT2D eigenvalue weighted by Gasteiger charge is -2.48. The fourth-order valence-electron chi connectivity index (χ4n) is 3.98. The highest BCUT2D eigenvalue weighted by Crippen LogP contribution is 2.42. The van der Waals surface area contributed by atoms with Crippen molar-refractivity contribution in [3.8, 4) is 0 Å². The molecule has 0 radical (unpaired) electrons. The predicted molar refractivity (Wildman–Crippen MR) is 81.5 cm³/mol. The second-order valence-corrected chi connectivity index (χ2v) is 7.24. The number of piperidine rings is 1. The lowest BCUT2D eigenvalue weighted by atomic mass is 9.68. The molecule has 6 nitrogen and oxygen atoms in total. The fraction of sp³-hybridized carbons (Fsp3) is 0.875. The first kappa shape index (κ1) is 15.9. The van der Waals surface area contributed by atoms with Crippen LogP contribution in [0.15, 0.2) is 4.52 Å². The standard InChI is InChI=1S/C16H27N3O3/c1-13-17-14(22-18-13)9-16(20)7-4-8-19(11-16)10-15(12-21-2)5-3-6-15/h20H,3-12H2,1-2H3. The van der Waals surface area contributed by atoms with E-state index >= 15 is 0 Å². The number of nitrogens with zero attached hydrogens (tertiary/aromatic N) is 3. The summed E-state index contributed by atoms with van der Waals surface area (Å²) >= 11 is 0. The first-order valence-corrected chi connectivity index (χ1v) is 8.26. The molecule has 0 bridgehead atoms. The summed E-state index contributed by atoms with van der Waals surface area (Å²) in [6.45, 7) is 5.38. The molecule has 6 heteroatoms. The molecule has 2 heterocycles. The van der Waals surface area contributed by atoms with Gasteiger partial charge in [0.25, 0.3) is 0 Å². The smallest absolute Gasteiger partial charge is 0.229 e. The maximum atomic E-state index is 10.9. The van der Waals surface area contributed by atoms with Gasteiger partial charge in [0.05, 0.1) is 18.6 Å². The third-order valence-electron chi connectivity index (χ3n) is 5.11. The Morgan fingerprint density at radius 3 is 2.73 bits per heavy atom. The first-order chi connectivity index (χ1) is 10.5. The zero-order valence-electron chi connectivity index (χ0n) is 13.7. The SMILES string of the molecule is COCC1(CN2CCCC(O)(Cc3nc(C)no3)C2)CCC1. The van der Waals surface area contributed by atoms with Crippen LogP contribution in [0.1, 0.15) is 43.8 Å². The van der Waals surface area contributed by atoms with Gasteiger partial charge in [-0.25, -0.2) is 0 Å². The van der Waals surface area contributed by atoms with Gasteiger partial charge in [0.15, 0.2) is 5.82 Å². The number of hydrogen-bond donors (Lipinski definition) is 1. The van der Waals surface area contributed by atoms with Crippen LogP contribution in [0.4, 0.5) is 0 Å². The lowest BCUT2D eigenvalue weighted by molar-refractivity contribution is -0.0691. The van der Waals surface area contributed by atoms with Gasteiger partial charge in [-0.2, -0.15) is 4.98 Å². The van der Waals surface area contributed by atoms with E-state index in [2.05, 4.69) is 15.0 Å². The molecule has 3 rings (SSSR count). The van der Waals surface area contributed by atoms with E-state index in [9.17, 15) is 5.11 Å². The van der Waals surface area contributed by atoms with Crippen LogP contribution < -0.4 is 0 Å². The van der Waals surface area contributed by atoms with Crippen molar-refractivity contribution >= 4 is 0 Å². The summed E-state index contributed by atoms with van der Waals surface area (Å²) in [5.74, 6) is 1.16. The summed E-state index contributed by atoms with van der Waals surface area (Å²) < 4.78 is 10.6. The fourth-order valence-corrected chi connectivity index (χ4v) is 3.98. The highest BCUT2D eigenvalue weighted by Gasteiger charge is 2.42. The van der Waals surface area contributed by atoms with E-state index in [1.165, 1.54) is 19.3 Å². The number of aliphatic hydroxyl groups is 1. The van der Waals surface area contributed by atoms with Crippen molar-refractivity contribution < 1.29 is 14.4 Å². The van der Waals surface area contributed by atoms with Crippen LogP contribution in [0.25, 0.3) is 0 Å². The van der Waals surface area contributed by atoms with E-state index in [4.69, 9.17) is 9.26 Å². The average Bonchev–Trinajstić information content (AvgIpc) is 2.81. The summed E-state index contributed by atoms with van der Waals surface area (Å²) in [7, 11) is 1.78. The largest absolute Gasteiger partial charge is 0.388 e. The third kappa shape index (κ3) is 3.50. The number of methoxy groups -OCH3 is 1. The summed E-state index contributed by atoms with van der Waals surface area (Å²) in [5.41, 5.74) is -0.455. The number of hydrogen-bond acceptors (Lipinski definition) is 6. The van der Waals surface area contributed by atoms with Crippen molar-refractivity contribution in [1.29, 1.82) is 0 Å². The van der Waals surface area contributed by atoms with Crippen molar-refractivity contribution in [2.45, 2.75) is 51.0 Å². The Balaban J connectivity index is 1.60. The van der Waals surface area contributed by atoms with E-state index in [0.29, 0.717) is 30.1 Å². The minimum atomic E-state index is -0.755. The summed E-state index contributed by atoms with van der Waals surface area (Å²) in [6, 6.07) is 0. The second-order valence-electron chi connectivity index (χ2n) is 7.24. The summed E-state index contributed by atoms with van der Waals surface area (Å²) in [6.07, 6.45) is 6.01. The Morgan fingerprint density at radius 1 is 1.32 bits per heavy atom. The molecule has 1 N–H and O–H groups in total. The molecule has 1 aliphatic carbocycles. The number of aromatic nitrogens is 2. The molecule has 1 aromatic rings. The third-order valence-corrected chi connectivity index (χ3v) is 5.11. The predicted octanol–water partition coefficient (Wildman–Crippen LogP) is 1.56. The van der Waals surface area contributed by atoms with Crippen molar-refractivity contribution in [3.63, 3.8) is 0 Å². The lowest BCUT2D eigenvalue weighted by Crippen LogP contribution is -2.54. The van der Waals surface area contributed by atoms with Crippen LogP contribution in [0.2, 0.25) is 0 Å². The van der Waals surface area contributed by atoms with Gasteiger partial charge >= 0.3 is 0 Å². The molecule has 124 valence electrons. The van der Waals surface area contributed by atoms with E-state index in [0.717, 1.165) is 32.5 Å². The van der Waals surface area contributed by atoms with Gasteiger partial charge in [-0.05, 0) is 39.2 Å². The van der Waals surface area contributed by atoms with E-state index in [1.807, 2.05) is 0 Å². The molecule has 2 aliphatic rings. The minimum Gasteiger partial charge on any atom is -0.388 e. The molecule has 0 spiro atoms. The zero-order chi connectivity index (χ0) is 15.6. The second kappa shape index (κ2) is 6.26. The molecule has 0 amide bonds. The van der Waals surface area contributed by atoms with Gasteiger partial charge in [-0.1, -0.05) is 11.6 Å². The van der Waals surface area contributed by atoms with Crippen molar-refractivity contribution in [2.75, 3.05) is 33.4 Å². The molecule has 22 heavy (non-hydrogen) atoms. The molecule has 1 saturated carbocycles. The van der Waals surface area contributed by atoms with Crippen LogP contribution in [0, 0.1) is 12.3 Å². The number of rotatable bonds is 6. The molecule has 1 aliphatic heterocycles. The highest BCUT2D eigenvalue weighted by molar-refractivity contribution is 4.98. The normalized spacial score (nSPS) is 28.5. The number of likely N-dealkylation sites (tertiary alicyclic amines) is 1. The van der Waals surface area contributed by atoms with Crippen LogP contribution in [0.5, 0.6) is 0 Å². The first-order valence-electron chi connectivity index (χ1n) is 8.26. The quantitative estimate of drug-likeness (QED) is 0.860. The Kier molecular flexibility index (Phi) is 4.52. The van der Waals surface area contributed by atoms with Crippen molar-refractivity contribution in [1.82, 2.24) is 15.0 Å². The molecule has 0 aromatic carbocycles. The molecule has 1 saturated heterocycles. The van der Waals surface area contributed by atoms with Gasteiger partial charge in [0.1, 0.15) is 0 Å². The van der Waals surface area contributed by atoms with Crippen LogP contribution in [0.3, 0.4) is 0 Å². The molecule has 1 atom stereocenters. The minimum absolute atomic E-state index is 0.300. The Bertz CT molecular complexity index is 501. The van der Waals surface area contributed by atoms with Gasteiger partial charge in [0, 0.05) is 25.6 Å². The highest BCUT2D eigenvalue weighted by atomic mass is 16.5. The maximum absolute atomic E-state index is 10.9. The van der Waals surface area contributed by atoms with Crippen LogP contribution in [-0.2, 0) is 11.2 Å². The molecular formula is C16H27N3O3. The molecule has 2 fully saturated rings. The van der Waals surface area contributed by atoms with Gasteiger partial charge < -0.3 is 14.4 Å². The Hall–Kier alpha value is -0.980. The van der Waals surface area contributed by atoms with E-state index in [1.54, 1.807) is 14.0 Å². The van der Waals surface area contributed by atoms with Crippen molar-refractivity contribution in [3.05, 3.63) is 11.7 Å².